The van der Waals surface area contributed by atoms with E-state index in [0.29, 0.717) is 6.54 Å². The summed E-state index contributed by atoms with van der Waals surface area (Å²) in [5, 5.41) is 4.24. The van der Waals surface area contributed by atoms with Crippen molar-refractivity contribution < 1.29 is 4.42 Å². The average molecular weight is 191 g/mol. The van der Waals surface area contributed by atoms with E-state index < -0.39 is 0 Å². The van der Waals surface area contributed by atoms with Crippen molar-refractivity contribution in [2.24, 2.45) is 5.73 Å². The van der Waals surface area contributed by atoms with E-state index in [0.717, 1.165) is 29.8 Å². The van der Waals surface area contributed by atoms with Gasteiger partial charge in [0.25, 0.3) is 0 Å². The molecule has 0 spiro atoms. The Kier molecular flexibility index (Phi) is 2.65. The maximum atomic E-state index is 5.41. The van der Waals surface area contributed by atoms with Crippen LogP contribution >= 0.6 is 0 Å². The van der Waals surface area contributed by atoms with E-state index in [4.69, 9.17) is 10.2 Å². The fourth-order valence-corrected chi connectivity index (χ4v) is 1.34. The summed E-state index contributed by atoms with van der Waals surface area (Å²) in [4.78, 5) is 4.24. The van der Waals surface area contributed by atoms with Gasteiger partial charge in [-0.3, -0.25) is 0 Å². The summed E-state index contributed by atoms with van der Waals surface area (Å²) in [6.07, 6.45) is 4.34. The van der Waals surface area contributed by atoms with Crippen LogP contribution in [0.25, 0.3) is 11.0 Å². The van der Waals surface area contributed by atoms with Crippen molar-refractivity contribution in [3.63, 3.8) is 0 Å². The average Bonchev–Trinajstić information content (AvgIpc) is 2.67. The Morgan fingerprint density at radius 3 is 3.21 bits per heavy atom. The Labute approximate surface area is 82.1 Å². The van der Waals surface area contributed by atoms with Crippen molar-refractivity contribution in [1.82, 2.24) is 4.98 Å². The van der Waals surface area contributed by atoms with Crippen LogP contribution in [0, 0.1) is 0 Å². The van der Waals surface area contributed by atoms with Crippen LogP contribution in [-0.2, 0) is 0 Å². The number of pyridine rings is 1. The lowest BCUT2D eigenvalue weighted by Crippen LogP contribution is -2.09. The lowest BCUT2D eigenvalue weighted by molar-refractivity contribution is 0.615. The molecule has 0 bridgehead atoms. The van der Waals surface area contributed by atoms with E-state index in [1.165, 1.54) is 0 Å². The molecule has 2 rings (SSSR count). The molecular formula is C10H13N3O. The van der Waals surface area contributed by atoms with Crippen LogP contribution in [0.3, 0.4) is 0 Å². The van der Waals surface area contributed by atoms with Gasteiger partial charge in [0.15, 0.2) is 0 Å². The van der Waals surface area contributed by atoms with Crippen LogP contribution in [0.15, 0.2) is 29.0 Å². The van der Waals surface area contributed by atoms with Crippen LogP contribution in [0.2, 0.25) is 0 Å². The van der Waals surface area contributed by atoms with Crippen LogP contribution in [0.5, 0.6) is 0 Å². The summed E-state index contributed by atoms with van der Waals surface area (Å²) in [6.45, 7) is 1.53. The maximum absolute atomic E-state index is 5.41. The monoisotopic (exact) mass is 191 g/mol. The van der Waals surface area contributed by atoms with Crippen LogP contribution < -0.4 is 11.1 Å². The number of furan rings is 1. The summed E-state index contributed by atoms with van der Waals surface area (Å²) in [5.74, 6) is 0.865. The second-order valence-electron chi connectivity index (χ2n) is 3.06. The van der Waals surface area contributed by atoms with Crippen molar-refractivity contribution in [2.75, 3.05) is 18.4 Å². The molecule has 0 fully saturated rings. The lowest BCUT2D eigenvalue weighted by Gasteiger charge is -2.04. The Hall–Kier alpha value is -1.55. The van der Waals surface area contributed by atoms with Gasteiger partial charge in [0.2, 0.25) is 0 Å². The molecule has 0 saturated heterocycles. The van der Waals surface area contributed by atoms with Crippen LogP contribution in [-0.4, -0.2) is 18.1 Å². The summed E-state index contributed by atoms with van der Waals surface area (Å²) in [7, 11) is 0. The molecule has 2 aromatic rings. The van der Waals surface area contributed by atoms with E-state index >= 15 is 0 Å². The van der Waals surface area contributed by atoms with Gasteiger partial charge in [0.1, 0.15) is 11.4 Å². The van der Waals surface area contributed by atoms with Crippen molar-refractivity contribution in [3.05, 3.63) is 24.6 Å². The number of anilines is 1. The fourth-order valence-electron chi connectivity index (χ4n) is 1.34. The molecule has 0 unspecified atom stereocenters. The first kappa shape index (κ1) is 9.02. The minimum absolute atomic E-state index is 0.689. The van der Waals surface area contributed by atoms with Gasteiger partial charge in [0.05, 0.1) is 11.6 Å². The van der Waals surface area contributed by atoms with Crippen molar-refractivity contribution in [1.29, 1.82) is 0 Å². The molecule has 14 heavy (non-hydrogen) atoms. The minimum atomic E-state index is 0.689. The number of hydrogen-bond donors (Lipinski definition) is 2. The van der Waals surface area contributed by atoms with Crippen molar-refractivity contribution in [2.45, 2.75) is 6.42 Å². The first-order chi connectivity index (χ1) is 6.92. The number of nitrogens with zero attached hydrogens (tertiary/aromatic N) is 1. The molecule has 4 nitrogen and oxygen atoms in total. The van der Waals surface area contributed by atoms with Crippen LogP contribution in [0.1, 0.15) is 6.42 Å². The SMILES string of the molecule is NCCCNc1nccc2occc12. The third kappa shape index (κ3) is 1.70. The zero-order valence-electron chi connectivity index (χ0n) is 7.86. The number of aromatic nitrogens is 1. The van der Waals surface area contributed by atoms with Gasteiger partial charge in [-0.15, -0.1) is 0 Å². The topological polar surface area (TPSA) is 64.1 Å². The summed E-state index contributed by atoms with van der Waals surface area (Å²) < 4.78 is 5.26. The highest BCUT2D eigenvalue weighted by molar-refractivity contribution is 5.87. The predicted molar refractivity (Wildman–Crippen MR) is 56.2 cm³/mol. The van der Waals surface area contributed by atoms with Crippen molar-refractivity contribution >= 4 is 16.8 Å². The Morgan fingerprint density at radius 2 is 2.36 bits per heavy atom. The molecule has 0 radical (unpaired) electrons. The fraction of sp³-hybridized carbons (Fsp3) is 0.300. The molecular weight excluding hydrogens is 178 g/mol. The molecule has 0 saturated carbocycles. The highest BCUT2D eigenvalue weighted by Crippen LogP contribution is 2.21. The molecule has 2 heterocycles. The molecule has 4 heteroatoms. The van der Waals surface area contributed by atoms with E-state index in [1.54, 1.807) is 12.5 Å². The van der Waals surface area contributed by atoms with Gasteiger partial charge in [-0.25, -0.2) is 4.98 Å². The summed E-state index contributed by atoms with van der Waals surface area (Å²) in [5.41, 5.74) is 6.26. The molecule has 0 aromatic carbocycles. The summed E-state index contributed by atoms with van der Waals surface area (Å²) in [6, 6.07) is 3.76. The largest absolute Gasteiger partial charge is 0.464 e. The van der Waals surface area contributed by atoms with Gasteiger partial charge in [-0.05, 0) is 25.1 Å². The smallest absolute Gasteiger partial charge is 0.139 e. The number of rotatable bonds is 4. The number of nitrogens with one attached hydrogen (secondary N) is 1. The Bertz CT molecular complexity index is 410. The second-order valence-corrected chi connectivity index (χ2v) is 3.06. The van der Waals surface area contributed by atoms with E-state index in [1.807, 2.05) is 12.1 Å². The van der Waals surface area contributed by atoms with Crippen molar-refractivity contribution in [3.8, 4) is 0 Å². The summed E-state index contributed by atoms with van der Waals surface area (Å²) >= 11 is 0. The number of hydrogen-bond acceptors (Lipinski definition) is 4. The highest BCUT2D eigenvalue weighted by Gasteiger charge is 2.02. The molecule has 0 aliphatic carbocycles. The van der Waals surface area contributed by atoms with E-state index in [9.17, 15) is 0 Å². The molecule has 0 atom stereocenters. The first-order valence-electron chi connectivity index (χ1n) is 4.68. The predicted octanol–water partition coefficient (Wildman–Crippen LogP) is 1.59. The third-order valence-electron chi connectivity index (χ3n) is 2.05. The van der Waals surface area contributed by atoms with Gasteiger partial charge >= 0.3 is 0 Å². The zero-order valence-corrected chi connectivity index (χ0v) is 7.86. The molecule has 74 valence electrons. The first-order valence-corrected chi connectivity index (χ1v) is 4.68. The second kappa shape index (κ2) is 4.11. The number of nitrogens with two attached hydrogens (primary N) is 1. The van der Waals surface area contributed by atoms with Gasteiger partial charge < -0.3 is 15.5 Å². The zero-order chi connectivity index (χ0) is 9.80. The third-order valence-corrected chi connectivity index (χ3v) is 2.05. The molecule has 0 aliphatic heterocycles. The van der Waals surface area contributed by atoms with Gasteiger partial charge in [-0.2, -0.15) is 0 Å². The van der Waals surface area contributed by atoms with Gasteiger partial charge in [0, 0.05) is 12.7 Å². The highest BCUT2D eigenvalue weighted by atomic mass is 16.3. The van der Waals surface area contributed by atoms with E-state index in [2.05, 4.69) is 10.3 Å². The van der Waals surface area contributed by atoms with Crippen LogP contribution in [0.4, 0.5) is 5.82 Å². The van der Waals surface area contributed by atoms with E-state index in [-0.39, 0.29) is 0 Å². The molecule has 2 aromatic heterocycles. The normalized spacial score (nSPS) is 10.6. The van der Waals surface area contributed by atoms with Gasteiger partial charge in [-0.1, -0.05) is 0 Å². The maximum Gasteiger partial charge on any atom is 0.139 e. The Morgan fingerprint density at radius 1 is 1.43 bits per heavy atom. The Balaban J connectivity index is 2.19. The minimum Gasteiger partial charge on any atom is -0.464 e. The standard InChI is InChI=1S/C10H13N3O/c11-4-1-5-12-10-8-3-7-14-9(8)2-6-13-10/h2-3,6-7H,1,4-5,11H2,(H,12,13). The molecule has 3 N–H and O–H groups in total. The molecule has 0 aliphatic rings. The lowest BCUT2D eigenvalue weighted by atomic mass is 10.3. The quantitative estimate of drug-likeness (QED) is 0.720. The molecule has 0 amide bonds. The number of fused-ring (bicyclic) bond motifs is 1.